The monoisotopic (exact) mass is 468 g/mol. The quantitative estimate of drug-likeness (QED) is 0.408. The van der Waals surface area contributed by atoms with E-state index in [4.69, 9.17) is 0 Å². The number of benzene rings is 3. The first-order valence-corrected chi connectivity index (χ1v) is 12.0. The third-order valence-electron chi connectivity index (χ3n) is 5.72. The summed E-state index contributed by atoms with van der Waals surface area (Å²) in [4.78, 5) is 33.3. The Kier molecular flexibility index (Phi) is 6.46. The maximum Gasteiger partial charge on any atom is 0.257 e. The first-order valence-electron chi connectivity index (χ1n) is 11.2. The molecule has 0 bridgehead atoms. The fraction of sp³-hybridized carbons (Fsp3) is 0.148. The summed E-state index contributed by atoms with van der Waals surface area (Å²) in [5.41, 5.74) is 4.10. The van der Waals surface area contributed by atoms with Gasteiger partial charge in [0.05, 0.1) is 5.69 Å². The summed E-state index contributed by atoms with van der Waals surface area (Å²) >= 11 is 1.54. The average molecular weight is 469 g/mol. The third-order valence-corrected chi connectivity index (χ3v) is 6.72. The minimum atomic E-state index is -0.215. The van der Waals surface area contributed by atoms with E-state index < -0.39 is 0 Å². The molecule has 6 nitrogen and oxygen atoms in total. The van der Waals surface area contributed by atoms with E-state index in [1.165, 1.54) is 10.4 Å². The average Bonchev–Trinajstić information content (AvgIpc) is 3.27. The van der Waals surface area contributed by atoms with Gasteiger partial charge < -0.3 is 5.32 Å². The predicted molar refractivity (Wildman–Crippen MR) is 135 cm³/mol. The molecule has 170 valence electrons. The molecule has 2 heterocycles. The van der Waals surface area contributed by atoms with Gasteiger partial charge in [0.15, 0.2) is 5.13 Å². The lowest BCUT2D eigenvalue weighted by Crippen LogP contribution is -2.29. The number of hydrogen-bond acceptors (Lipinski definition) is 5. The maximum atomic E-state index is 12.7. The summed E-state index contributed by atoms with van der Waals surface area (Å²) in [6.07, 6.45) is 0.879. The molecule has 1 aliphatic rings. The van der Waals surface area contributed by atoms with Gasteiger partial charge in [-0.1, -0.05) is 48.5 Å². The summed E-state index contributed by atoms with van der Waals surface area (Å²) < 4.78 is 0. The Labute approximate surface area is 202 Å². The smallest absolute Gasteiger partial charge is 0.257 e. The molecule has 1 aromatic heterocycles. The van der Waals surface area contributed by atoms with E-state index in [-0.39, 0.29) is 11.8 Å². The van der Waals surface area contributed by atoms with Crippen LogP contribution in [0, 0.1) is 0 Å². The fourth-order valence-electron chi connectivity index (χ4n) is 3.95. The second-order valence-corrected chi connectivity index (χ2v) is 9.27. The lowest BCUT2D eigenvalue weighted by Gasteiger charge is -2.25. The number of anilines is 2. The molecule has 3 aromatic carbocycles. The number of nitrogens with zero attached hydrogens (tertiary/aromatic N) is 2. The molecule has 0 spiro atoms. The van der Waals surface area contributed by atoms with Crippen LogP contribution in [0.2, 0.25) is 0 Å². The number of aromatic nitrogens is 1. The predicted octanol–water partition coefficient (Wildman–Crippen LogP) is 5.21. The molecule has 0 aliphatic carbocycles. The van der Waals surface area contributed by atoms with Crippen molar-refractivity contribution in [3.05, 3.63) is 112 Å². The van der Waals surface area contributed by atoms with Gasteiger partial charge in [0.1, 0.15) is 0 Å². The Hall–Kier alpha value is -3.81. The SMILES string of the molecule is O=C(Nc1ccc(C(=O)Nc2nc3c(s2)CN(Cc2ccccc2)CC3)cc1)c1ccccc1. The molecule has 0 radical (unpaired) electrons. The highest BCUT2D eigenvalue weighted by Crippen LogP contribution is 2.29. The van der Waals surface area contributed by atoms with Crippen LogP contribution >= 0.6 is 11.3 Å². The number of nitrogens with one attached hydrogen (secondary N) is 2. The molecule has 0 unspecified atom stereocenters. The van der Waals surface area contributed by atoms with Crippen molar-refractivity contribution in [1.29, 1.82) is 0 Å². The zero-order valence-electron chi connectivity index (χ0n) is 18.5. The standard InChI is InChI=1S/C27H24N4O2S/c32-25(20-9-5-2-6-10-20)28-22-13-11-21(12-14-22)26(33)30-27-29-23-15-16-31(18-24(23)34-27)17-19-7-3-1-4-8-19/h1-14H,15-18H2,(H,28,32)(H,29,30,33). The molecule has 1 aliphatic heterocycles. The first-order chi connectivity index (χ1) is 16.6. The second kappa shape index (κ2) is 9.99. The van der Waals surface area contributed by atoms with Crippen LogP contribution < -0.4 is 10.6 Å². The van der Waals surface area contributed by atoms with Gasteiger partial charge in [0.25, 0.3) is 11.8 Å². The van der Waals surface area contributed by atoms with Gasteiger partial charge in [-0.15, -0.1) is 11.3 Å². The Morgan fingerprint density at radius 2 is 1.47 bits per heavy atom. The summed E-state index contributed by atoms with van der Waals surface area (Å²) in [5, 5.41) is 6.39. The number of amides is 2. The Bertz CT molecular complexity index is 1290. The van der Waals surface area contributed by atoms with Crippen molar-refractivity contribution >= 4 is 34.0 Å². The van der Waals surface area contributed by atoms with Crippen molar-refractivity contribution in [1.82, 2.24) is 9.88 Å². The maximum absolute atomic E-state index is 12.7. The number of thiazole rings is 1. The van der Waals surface area contributed by atoms with Crippen LogP contribution in [0.15, 0.2) is 84.9 Å². The lowest BCUT2D eigenvalue weighted by atomic mass is 10.1. The lowest BCUT2D eigenvalue weighted by molar-refractivity contribution is 0.102. The highest BCUT2D eigenvalue weighted by atomic mass is 32.1. The van der Waals surface area contributed by atoms with Crippen LogP contribution in [0.5, 0.6) is 0 Å². The van der Waals surface area contributed by atoms with Gasteiger partial charge in [0.2, 0.25) is 0 Å². The van der Waals surface area contributed by atoms with Gasteiger partial charge in [-0.2, -0.15) is 0 Å². The van der Waals surface area contributed by atoms with Crippen LogP contribution in [0.4, 0.5) is 10.8 Å². The van der Waals surface area contributed by atoms with E-state index in [1.54, 1.807) is 47.7 Å². The molecule has 34 heavy (non-hydrogen) atoms. The highest BCUT2D eigenvalue weighted by molar-refractivity contribution is 7.15. The van der Waals surface area contributed by atoms with Gasteiger partial charge in [-0.3, -0.25) is 19.8 Å². The van der Waals surface area contributed by atoms with Gasteiger partial charge in [-0.25, -0.2) is 4.98 Å². The van der Waals surface area contributed by atoms with Gasteiger partial charge in [0, 0.05) is 47.7 Å². The van der Waals surface area contributed by atoms with E-state index in [0.717, 1.165) is 31.7 Å². The molecule has 0 atom stereocenters. The van der Waals surface area contributed by atoms with E-state index in [1.807, 2.05) is 24.3 Å². The van der Waals surface area contributed by atoms with Crippen molar-refractivity contribution in [3.63, 3.8) is 0 Å². The highest BCUT2D eigenvalue weighted by Gasteiger charge is 2.21. The molecule has 0 saturated carbocycles. The van der Waals surface area contributed by atoms with E-state index in [2.05, 4.69) is 44.8 Å². The largest absolute Gasteiger partial charge is 0.322 e. The first kappa shape index (κ1) is 22.0. The van der Waals surface area contributed by atoms with Crippen molar-refractivity contribution in [3.8, 4) is 0 Å². The number of rotatable bonds is 6. The van der Waals surface area contributed by atoms with E-state index in [9.17, 15) is 9.59 Å². The molecule has 0 fully saturated rings. The Balaban J connectivity index is 1.19. The zero-order chi connectivity index (χ0) is 23.3. The normalized spacial score (nSPS) is 13.2. The van der Waals surface area contributed by atoms with Crippen LogP contribution in [-0.4, -0.2) is 28.2 Å². The molecule has 5 rings (SSSR count). The summed E-state index contributed by atoms with van der Waals surface area (Å²) in [6.45, 7) is 2.70. The minimum absolute atomic E-state index is 0.188. The fourth-order valence-corrected chi connectivity index (χ4v) is 4.99. The molecule has 2 N–H and O–H groups in total. The van der Waals surface area contributed by atoms with Gasteiger partial charge >= 0.3 is 0 Å². The number of carbonyl (C=O) groups excluding carboxylic acids is 2. The van der Waals surface area contributed by atoms with Crippen LogP contribution in [0.3, 0.4) is 0 Å². The zero-order valence-corrected chi connectivity index (χ0v) is 19.3. The molecule has 2 amide bonds. The van der Waals surface area contributed by atoms with E-state index >= 15 is 0 Å². The minimum Gasteiger partial charge on any atom is -0.322 e. The van der Waals surface area contributed by atoms with Crippen molar-refractivity contribution in [2.75, 3.05) is 17.2 Å². The molecule has 7 heteroatoms. The number of hydrogen-bond donors (Lipinski definition) is 2. The van der Waals surface area contributed by atoms with Crippen molar-refractivity contribution in [2.24, 2.45) is 0 Å². The van der Waals surface area contributed by atoms with Crippen LogP contribution in [0.1, 0.15) is 36.9 Å². The second-order valence-electron chi connectivity index (χ2n) is 8.19. The molecule has 4 aromatic rings. The third kappa shape index (κ3) is 5.22. The number of carbonyl (C=O) groups is 2. The van der Waals surface area contributed by atoms with Crippen LogP contribution in [0.25, 0.3) is 0 Å². The van der Waals surface area contributed by atoms with Crippen molar-refractivity contribution < 1.29 is 9.59 Å². The number of fused-ring (bicyclic) bond motifs is 1. The van der Waals surface area contributed by atoms with Crippen molar-refractivity contribution in [2.45, 2.75) is 19.5 Å². The van der Waals surface area contributed by atoms with E-state index in [0.29, 0.717) is 21.9 Å². The summed E-state index contributed by atoms with van der Waals surface area (Å²) in [6, 6.07) is 26.3. The summed E-state index contributed by atoms with van der Waals surface area (Å²) in [5.74, 6) is -0.402. The Morgan fingerprint density at radius 3 is 2.21 bits per heavy atom. The Morgan fingerprint density at radius 1 is 0.824 bits per heavy atom. The van der Waals surface area contributed by atoms with Crippen LogP contribution in [-0.2, 0) is 19.5 Å². The molecular weight excluding hydrogens is 444 g/mol. The molecular formula is C27H24N4O2S. The molecule has 0 saturated heterocycles. The van der Waals surface area contributed by atoms with Gasteiger partial charge in [-0.05, 0) is 42.0 Å². The summed E-state index contributed by atoms with van der Waals surface area (Å²) in [7, 11) is 0. The topological polar surface area (TPSA) is 74.3 Å².